The molecular weight excluding hydrogens is 495 g/mol. The van der Waals surface area contributed by atoms with Crippen molar-refractivity contribution in [1.29, 1.82) is 0 Å². The van der Waals surface area contributed by atoms with Crippen LogP contribution in [0.3, 0.4) is 0 Å². The van der Waals surface area contributed by atoms with E-state index in [0.29, 0.717) is 36.9 Å². The SMILES string of the molecule is CN=C(NCCNC(=O)c1cccc(OC)c1)N(C)Cc1cn(C)nc1C(C)C.I. The zero-order valence-electron chi connectivity index (χ0n) is 18.6. The van der Waals surface area contributed by atoms with Gasteiger partial charge in [0.1, 0.15) is 5.75 Å². The number of methoxy groups -OCH3 is 1. The van der Waals surface area contributed by atoms with Crippen molar-refractivity contribution in [3.63, 3.8) is 0 Å². The molecule has 166 valence electrons. The molecule has 0 unspecified atom stereocenters. The molecule has 0 bridgehead atoms. The van der Waals surface area contributed by atoms with E-state index in [1.165, 1.54) is 5.56 Å². The predicted octanol–water partition coefficient (Wildman–Crippen LogP) is 2.61. The standard InChI is InChI=1S/C21H32N6O2.HI/c1-15(2)19-17(14-27(5)25-19)13-26(4)21(22-3)24-11-10-23-20(28)16-8-7-9-18(12-16)29-6;/h7-9,12,14-15H,10-11,13H2,1-6H3,(H,22,24)(H,23,28);1H. The van der Waals surface area contributed by atoms with Gasteiger partial charge in [0.25, 0.3) is 5.91 Å². The number of nitrogens with one attached hydrogen (secondary N) is 2. The van der Waals surface area contributed by atoms with E-state index in [1.54, 1.807) is 32.4 Å². The summed E-state index contributed by atoms with van der Waals surface area (Å²) in [6.45, 7) is 6.04. The van der Waals surface area contributed by atoms with Gasteiger partial charge < -0.3 is 20.3 Å². The number of carbonyl (C=O) groups excluding carboxylic acids is 1. The number of guanidine groups is 1. The van der Waals surface area contributed by atoms with Gasteiger partial charge in [0.05, 0.1) is 12.8 Å². The number of rotatable bonds is 8. The Hall–Kier alpha value is -2.30. The first-order chi connectivity index (χ1) is 13.8. The molecule has 0 aliphatic heterocycles. The Labute approximate surface area is 196 Å². The lowest BCUT2D eigenvalue weighted by Gasteiger charge is -2.22. The molecule has 0 aliphatic rings. The Kier molecular flexibility index (Phi) is 10.6. The zero-order valence-corrected chi connectivity index (χ0v) is 20.9. The summed E-state index contributed by atoms with van der Waals surface area (Å²) in [5, 5.41) is 10.7. The van der Waals surface area contributed by atoms with Crippen LogP contribution < -0.4 is 15.4 Å². The van der Waals surface area contributed by atoms with E-state index in [4.69, 9.17) is 4.74 Å². The summed E-state index contributed by atoms with van der Waals surface area (Å²) >= 11 is 0. The molecule has 0 saturated carbocycles. The molecule has 2 N–H and O–H groups in total. The lowest BCUT2D eigenvalue weighted by molar-refractivity contribution is 0.0954. The van der Waals surface area contributed by atoms with Crippen LogP contribution in [0, 0.1) is 0 Å². The summed E-state index contributed by atoms with van der Waals surface area (Å²) in [7, 11) is 7.26. The van der Waals surface area contributed by atoms with Gasteiger partial charge in [-0.1, -0.05) is 19.9 Å². The van der Waals surface area contributed by atoms with Crippen molar-refractivity contribution in [2.24, 2.45) is 12.0 Å². The van der Waals surface area contributed by atoms with Gasteiger partial charge in [0.15, 0.2) is 5.96 Å². The fourth-order valence-corrected chi connectivity index (χ4v) is 3.09. The number of aromatic nitrogens is 2. The maximum absolute atomic E-state index is 12.3. The number of amides is 1. The second-order valence-corrected chi connectivity index (χ2v) is 7.19. The van der Waals surface area contributed by atoms with E-state index in [0.717, 1.165) is 11.7 Å². The number of ether oxygens (including phenoxy) is 1. The summed E-state index contributed by atoms with van der Waals surface area (Å²) in [6, 6.07) is 7.09. The van der Waals surface area contributed by atoms with Gasteiger partial charge in [0.2, 0.25) is 0 Å². The topological polar surface area (TPSA) is 83.8 Å². The molecule has 0 fully saturated rings. The van der Waals surface area contributed by atoms with Crippen LogP contribution >= 0.6 is 24.0 Å². The number of hydrogen-bond donors (Lipinski definition) is 2. The highest BCUT2D eigenvalue weighted by atomic mass is 127. The lowest BCUT2D eigenvalue weighted by atomic mass is 10.1. The number of aliphatic imine (C=N–C) groups is 1. The number of hydrogen-bond acceptors (Lipinski definition) is 4. The molecule has 1 heterocycles. The molecule has 9 heteroatoms. The van der Waals surface area contributed by atoms with E-state index >= 15 is 0 Å². The minimum absolute atomic E-state index is 0. The number of carbonyl (C=O) groups is 1. The third-order valence-electron chi connectivity index (χ3n) is 4.49. The highest BCUT2D eigenvalue weighted by molar-refractivity contribution is 14.0. The van der Waals surface area contributed by atoms with Crippen molar-refractivity contribution in [3.05, 3.63) is 47.3 Å². The van der Waals surface area contributed by atoms with E-state index in [1.807, 2.05) is 35.9 Å². The van der Waals surface area contributed by atoms with Crippen LogP contribution in [0.4, 0.5) is 0 Å². The normalized spacial score (nSPS) is 11.1. The average molecular weight is 528 g/mol. The van der Waals surface area contributed by atoms with Gasteiger partial charge >= 0.3 is 0 Å². The monoisotopic (exact) mass is 528 g/mol. The van der Waals surface area contributed by atoms with Crippen LogP contribution in [0.25, 0.3) is 0 Å². The van der Waals surface area contributed by atoms with Crippen LogP contribution in [0.5, 0.6) is 5.75 Å². The van der Waals surface area contributed by atoms with Crippen LogP contribution in [0.15, 0.2) is 35.5 Å². The second-order valence-electron chi connectivity index (χ2n) is 7.19. The highest BCUT2D eigenvalue weighted by Gasteiger charge is 2.15. The maximum atomic E-state index is 12.3. The molecule has 0 radical (unpaired) electrons. The summed E-state index contributed by atoms with van der Waals surface area (Å²) in [5.74, 6) is 1.65. The number of aryl methyl sites for hydroxylation is 1. The third-order valence-corrected chi connectivity index (χ3v) is 4.49. The molecule has 0 aliphatic carbocycles. The summed E-state index contributed by atoms with van der Waals surface area (Å²) in [6.07, 6.45) is 2.05. The van der Waals surface area contributed by atoms with E-state index in [-0.39, 0.29) is 29.9 Å². The van der Waals surface area contributed by atoms with Gasteiger partial charge in [-0.2, -0.15) is 5.10 Å². The molecule has 0 saturated heterocycles. The minimum atomic E-state index is -0.133. The number of halogens is 1. The van der Waals surface area contributed by atoms with Crippen LogP contribution in [-0.4, -0.2) is 60.8 Å². The van der Waals surface area contributed by atoms with Crippen molar-refractivity contribution in [1.82, 2.24) is 25.3 Å². The van der Waals surface area contributed by atoms with Crippen molar-refractivity contribution in [2.45, 2.75) is 26.3 Å². The summed E-state index contributed by atoms with van der Waals surface area (Å²) < 4.78 is 7.01. The Morgan fingerprint density at radius 1 is 1.30 bits per heavy atom. The highest BCUT2D eigenvalue weighted by Crippen LogP contribution is 2.18. The fourth-order valence-electron chi connectivity index (χ4n) is 3.09. The second kappa shape index (κ2) is 12.4. The Bertz CT molecular complexity index is 850. The quantitative estimate of drug-likeness (QED) is 0.238. The van der Waals surface area contributed by atoms with Gasteiger partial charge in [-0.05, 0) is 24.1 Å². The molecular formula is C21H33IN6O2. The molecule has 0 spiro atoms. The van der Waals surface area contributed by atoms with Crippen molar-refractivity contribution in [2.75, 3.05) is 34.3 Å². The van der Waals surface area contributed by atoms with E-state index < -0.39 is 0 Å². The Morgan fingerprint density at radius 3 is 2.63 bits per heavy atom. The number of benzene rings is 1. The van der Waals surface area contributed by atoms with Gasteiger partial charge in [-0.3, -0.25) is 14.5 Å². The molecule has 2 rings (SSSR count). The molecule has 1 aromatic carbocycles. The first-order valence-electron chi connectivity index (χ1n) is 9.72. The van der Waals surface area contributed by atoms with Crippen LogP contribution in [0.2, 0.25) is 0 Å². The molecule has 0 atom stereocenters. The molecule has 2 aromatic rings. The molecule has 8 nitrogen and oxygen atoms in total. The van der Waals surface area contributed by atoms with Crippen LogP contribution in [-0.2, 0) is 13.6 Å². The first kappa shape index (κ1) is 25.7. The maximum Gasteiger partial charge on any atom is 0.251 e. The van der Waals surface area contributed by atoms with Gasteiger partial charge in [-0.15, -0.1) is 24.0 Å². The van der Waals surface area contributed by atoms with E-state index in [9.17, 15) is 4.79 Å². The lowest BCUT2D eigenvalue weighted by Crippen LogP contribution is -2.42. The average Bonchev–Trinajstić information content (AvgIpc) is 3.08. The fraction of sp³-hybridized carbons (Fsp3) is 0.476. The molecule has 30 heavy (non-hydrogen) atoms. The number of nitrogens with zero attached hydrogens (tertiary/aromatic N) is 4. The Balaban J connectivity index is 0.00000450. The largest absolute Gasteiger partial charge is 0.497 e. The van der Waals surface area contributed by atoms with Crippen molar-refractivity contribution < 1.29 is 9.53 Å². The minimum Gasteiger partial charge on any atom is -0.497 e. The third kappa shape index (κ3) is 7.19. The molecule has 1 amide bonds. The van der Waals surface area contributed by atoms with Crippen molar-refractivity contribution >= 4 is 35.8 Å². The predicted molar refractivity (Wildman–Crippen MR) is 131 cm³/mol. The Morgan fingerprint density at radius 2 is 2.00 bits per heavy atom. The summed E-state index contributed by atoms with van der Waals surface area (Å²) in [4.78, 5) is 18.6. The molecule has 1 aromatic heterocycles. The van der Waals surface area contributed by atoms with Crippen LogP contribution in [0.1, 0.15) is 41.4 Å². The smallest absolute Gasteiger partial charge is 0.251 e. The zero-order chi connectivity index (χ0) is 21.4. The first-order valence-corrected chi connectivity index (χ1v) is 9.72. The van der Waals surface area contributed by atoms with Gasteiger partial charge in [-0.25, -0.2) is 0 Å². The van der Waals surface area contributed by atoms with E-state index in [2.05, 4.69) is 34.6 Å². The van der Waals surface area contributed by atoms with Gasteiger partial charge in [0, 0.05) is 58.1 Å². The van der Waals surface area contributed by atoms with Crippen molar-refractivity contribution in [3.8, 4) is 5.75 Å². The summed E-state index contributed by atoms with van der Waals surface area (Å²) in [5.41, 5.74) is 2.85.